The first-order valence-corrected chi connectivity index (χ1v) is 9.28. The highest BCUT2D eigenvalue weighted by Crippen LogP contribution is 2.30. The highest BCUT2D eigenvalue weighted by Gasteiger charge is 2.16. The van der Waals surface area contributed by atoms with Gasteiger partial charge in [-0.05, 0) is 49.7 Å². The van der Waals surface area contributed by atoms with Gasteiger partial charge in [-0.3, -0.25) is 9.97 Å². The van der Waals surface area contributed by atoms with Crippen molar-refractivity contribution in [1.82, 2.24) is 25.1 Å². The highest BCUT2D eigenvalue weighted by atomic mass is 19.1. The number of fused-ring (bicyclic) bond motifs is 1. The minimum Gasteiger partial charge on any atom is -0.353 e. The molecule has 4 rings (SSSR count). The quantitative estimate of drug-likeness (QED) is 0.523. The summed E-state index contributed by atoms with van der Waals surface area (Å²) >= 11 is 0. The molecule has 2 N–H and O–H groups in total. The molecule has 7 nitrogen and oxygen atoms in total. The fraction of sp³-hybridized carbons (Fsp3) is 0.143. The Labute approximate surface area is 170 Å². The van der Waals surface area contributed by atoms with Crippen LogP contribution >= 0.6 is 0 Å². The first-order valence-electron chi connectivity index (χ1n) is 9.28. The Bertz CT molecular complexity index is 1250. The normalized spacial score (nSPS) is 10.9. The zero-order valence-corrected chi connectivity index (χ0v) is 16.3. The summed E-state index contributed by atoms with van der Waals surface area (Å²) in [6, 6.07) is 6.19. The Morgan fingerprint density at radius 2 is 1.93 bits per heavy atom. The Morgan fingerprint density at radius 1 is 1.10 bits per heavy atom. The molecular weight excluding hydrogens is 390 g/mol. The SMILES string of the molecule is CCNC(=O)n1ncc2nccc(Nc3cc(-c4cc(F)ccc4F)ncc3C)c21. The maximum atomic E-state index is 14.2. The number of carbonyl (C=O) groups excluding carboxylic acids is 1. The molecule has 1 amide bonds. The van der Waals surface area contributed by atoms with E-state index in [1.807, 2.05) is 13.8 Å². The van der Waals surface area contributed by atoms with Crippen molar-refractivity contribution < 1.29 is 13.6 Å². The summed E-state index contributed by atoms with van der Waals surface area (Å²) in [5.74, 6) is -1.12. The van der Waals surface area contributed by atoms with Gasteiger partial charge in [-0.15, -0.1) is 0 Å². The first-order chi connectivity index (χ1) is 14.5. The highest BCUT2D eigenvalue weighted by molar-refractivity contribution is 5.96. The van der Waals surface area contributed by atoms with Crippen molar-refractivity contribution in [2.45, 2.75) is 13.8 Å². The molecule has 9 heteroatoms. The van der Waals surface area contributed by atoms with Crippen molar-refractivity contribution in [3.05, 3.63) is 66.1 Å². The second-order valence-corrected chi connectivity index (χ2v) is 6.62. The molecule has 0 aliphatic heterocycles. The van der Waals surface area contributed by atoms with Gasteiger partial charge in [0.25, 0.3) is 0 Å². The molecule has 1 aromatic carbocycles. The molecule has 0 saturated heterocycles. The Kier molecular flexibility index (Phi) is 5.09. The molecular formula is C21H18F2N6O. The number of hydrogen-bond acceptors (Lipinski definition) is 5. The van der Waals surface area contributed by atoms with Crippen LogP contribution in [0.15, 0.2) is 48.9 Å². The lowest BCUT2D eigenvalue weighted by molar-refractivity contribution is 0.241. The third-order valence-electron chi connectivity index (χ3n) is 4.56. The molecule has 0 saturated carbocycles. The molecule has 0 aliphatic rings. The van der Waals surface area contributed by atoms with Crippen LogP contribution in [0.1, 0.15) is 12.5 Å². The number of aryl methyl sites for hydroxylation is 1. The molecule has 30 heavy (non-hydrogen) atoms. The van der Waals surface area contributed by atoms with Gasteiger partial charge in [-0.2, -0.15) is 9.78 Å². The minimum atomic E-state index is -0.570. The van der Waals surface area contributed by atoms with Gasteiger partial charge in [0.2, 0.25) is 0 Å². The molecule has 3 aromatic heterocycles. The summed E-state index contributed by atoms with van der Waals surface area (Å²) in [5.41, 5.74) is 3.37. The van der Waals surface area contributed by atoms with Crippen LogP contribution in [0.5, 0.6) is 0 Å². The Morgan fingerprint density at radius 3 is 2.73 bits per heavy atom. The van der Waals surface area contributed by atoms with E-state index in [1.54, 1.807) is 24.5 Å². The molecule has 3 heterocycles. The van der Waals surface area contributed by atoms with Gasteiger partial charge >= 0.3 is 6.03 Å². The number of pyridine rings is 2. The van der Waals surface area contributed by atoms with Crippen LogP contribution in [0.3, 0.4) is 0 Å². The molecule has 0 fully saturated rings. The number of hydrogen-bond donors (Lipinski definition) is 2. The lowest BCUT2D eigenvalue weighted by Crippen LogP contribution is -2.29. The number of nitrogens with zero attached hydrogens (tertiary/aromatic N) is 4. The Balaban J connectivity index is 1.78. The fourth-order valence-corrected chi connectivity index (χ4v) is 3.08. The van der Waals surface area contributed by atoms with E-state index < -0.39 is 11.6 Å². The molecule has 0 atom stereocenters. The lowest BCUT2D eigenvalue weighted by atomic mass is 10.1. The monoisotopic (exact) mass is 408 g/mol. The van der Waals surface area contributed by atoms with Gasteiger partial charge in [0.15, 0.2) is 0 Å². The second-order valence-electron chi connectivity index (χ2n) is 6.62. The van der Waals surface area contributed by atoms with E-state index in [-0.39, 0.29) is 17.3 Å². The van der Waals surface area contributed by atoms with Crippen molar-refractivity contribution >= 4 is 28.4 Å². The van der Waals surface area contributed by atoms with Gasteiger partial charge in [-0.1, -0.05) is 0 Å². The predicted octanol–water partition coefficient (Wildman–Crippen LogP) is 4.40. The zero-order chi connectivity index (χ0) is 21.3. The van der Waals surface area contributed by atoms with E-state index in [4.69, 9.17) is 0 Å². The van der Waals surface area contributed by atoms with E-state index in [1.165, 1.54) is 10.9 Å². The number of aromatic nitrogens is 4. The minimum absolute atomic E-state index is 0.0605. The number of anilines is 2. The van der Waals surface area contributed by atoms with E-state index in [2.05, 4.69) is 25.7 Å². The topological polar surface area (TPSA) is 84.7 Å². The zero-order valence-electron chi connectivity index (χ0n) is 16.3. The molecule has 152 valence electrons. The summed E-state index contributed by atoms with van der Waals surface area (Å²) in [5, 5.41) is 10.1. The molecule has 0 unspecified atom stereocenters. The van der Waals surface area contributed by atoms with Gasteiger partial charge in [-0.25, -0.2) is 13.6 Å². The maximum absolute atomic E-state index is 14.2. The van der Waals surface area contributed by atoms with Crippen molar-refractivity contribution in [2.24, 2.45) is 0 Å². The summed E-state index contributed by atoms with van der Waals surface area (Å²) in [7, 11) is 0. The van der Waals surface area contributed by atoms with E-state index >= 15 is 0 Å². The van der Waals surface area contributed by atoms with Crippen molar-refractivity contribution in [2.75, 3.05) is 11.9 Å². The number of halogens is 2. The van der Waals surface area contributed by atoms with Crippen LogP contribution in [0.25, 0.3) is 22.3 Å². The van der Waals surface area contributed by atoms with E-state index in [9.17, 15) is 13.6 Å². The average molecular weight is 408 g/mol. The number of carbonyl (C=O) groups is 1. The molecule has 0 aliphatic carbocycles. The fourth-order valence-electron chi connectivity index (χ4n) is 3.08. The van der Waals surface area contributed by atoms with Crippen molar-refractivity contribution in [3.63, 3.8) is 0 Å². The van der Waals surface area contributed by atoms with Gasteiger partial charge in [0.05, 0.1) is 17.6 Å². The van der Waals surface area contributed by atoms with Gasteiger partial charge in [0.1, 0.15) is 22.7 Å². The van der Waals surface area contributed by atoms with E-state index in [0.29, 0.717) is 29.0 Å². The number of rotatable bonds is 4. The Hall–Kier alpha value is -3.88. The third-order valence-corrected chi connectivity index (χ3v) is 4.56. The molecule has 0 spiro atoms. The summed E-state index contributed by atoms with van der Waals surface area (Å²) in [6.45, 7) is 4.10. The van der Waals surface area contributed by atoms with Crippen LogP contribution in [0.2, 0.25) is 0 Å². The van der Waals surface area contributed by atoms with Crippen molar-refractivity contribution in [3.8, 4) is 11.3 Å². The maximum Gasteiger partial charge on any atom is 0.342 e. The second kappa shape index (κ2) is 7.86. The number of nitrogens with one attached hydrogen (secondary N) is 2. The number of benzene rings is 1. The van der Waals surface area contributed by atoms with Gasteiger partial charge < -0.3 is 10.6 Å². The average Bonchev–Trinajstić information content (AvgIpc) is 3.17. The van der Waals surface area contributed by atoms with Crippen LogP contribution in [0.4, 0.5) is 25.0 Å². The lowest BCUT2D eigenvalue weighted by Gasteiger charge is -2.13. The third kappa shape index (κ3) is 3.57. The standard InChI is InChI=1S/C21H18F2N6O/c1-3-24-21(30)29-20-16(6-7-25-19(20)11-27-29)28-17-9-18(26-10-12(17)2)14-8-13(22)4-5-15(14)23/h4-11H,3H2,1-2H3,(H,24,30)(H,25,26,28). The first kappa shape index (κ1) is 19.4. The molecule has 4 aromatic rings. The van der Waals surface area contributed by atoms with Gasteiger partial charge in [0, 0.05) is 30.2 Å². The predicted molar refractivity (Wildman–Crippen MR) is 110 cm³/mol. The largest absolute Gasteiger partial charge is 0.353 e. The van der Waals surface area contributed by atoms with Crippen LogP contribution < -0.4 is 10.6 Å². The van der Waals surface area contributed by atoms with Crippen LogP contribution in [-0.4, -0.2) is 32.3 Å². The molecule has 0 radical (unpaired) electrons. The number of amides is 1. The summed E-state index contributed by atoms with van der Waals surface area (Å²) in [6.07, 6.45) is 4.67. The van der Waals surface area contributed by atoms with E-state index in [0.717, 1.165) is 23.8 Å². The smallest absolute Gasteiger partial charge is 0.342 e. The van der Waals surface area contributed by atoms with Crippen molar-refractivity contribution in [1.29, 1.82) is 0 Å². The van der Waals surface area contributed by atoms with Crippen LogP contribution in [0, 0.1) is 18.6 Å². The molecule has 0 bridgehead atoms. The summed E-state index contributed by atoms with van der Waals surface area (Å²) in [4.78, 5) is 20.8. The van der Waals surface area contributed by atoms with Crippen LogP contribution in [-0.2, 0) is 0 Å². The summed E-state index contributed by atoms with van der Waals surface area (Å²) < 4.78 is 29.1.